The highest BCUT2D eigenvalue weighted by Crippen LogP contribution is 2.31. The van der Waals surface area contributed by atoms with E-state index in [0.29, 0.717) is 4.64 Å². The molecule has 94 valence electrons. The molecule has 3 N–H and O–H groups in total. The van der Waals surface area contributed by atoms with E-state index in [4.69, 9.17) is 34.3 Å². The fourth-order valence-electron chi connectivity index (χ4n) is 1.71. The number of ether oxygens (including phenoxy) is 1. The molecule has 1 saturated heterocycles. The van der Waals surface area contributed by atoms with Gasteiger partial charge in [-0.15, -0.1) is 0 Å². The smallest absolute Gasteiger partial charge is 0.180 e. The van der Waals surface area contributed by atoms with Crippen LogP contribution in [0.15, 0.2) is 12.3 Å². The third-order valence-corrected chi connectivity index (χ3v) is 3.14. The minimum atomic E-state index is -1.64. The summed E-state index contributed by atoms with van der Waals surface area (Å²) in [6.07, 6.45) is -3.50. The third-order valence-electron chi connectivity index (χ3n) is 2.59. The standard InChI is InChI=1S/C9H11FN2O3S2/c10-6-4(3-13)15-8(7(6)14)12-2-1-5(16)11-9(12)17/h1-2,4,6-8,13-14H,3H2,(H,11,16,17)/t4-,6+,7+,8-/m1/s1. The van der Waals surface area contributed by atoms with Gasteiger partial charge < -0.3 is 19.9 Å². The van der Waals surface area contributed by atoms with E-state index in [1.54, 1.807) is 6.07 Å². The molecule has 1 aliphatic heterocycles. The van der Waals surface area contributed by atoms with Crippen LogP contribution < -0.4 is 0 Å². The molecule has 2 heterocycles. The van der Waals surface area contributed by atoms with Crippen molar-refractivity contribution in [2.75, 3.05) is 6.61 Å². The molecule has 0 spiro atoms. The summed E-state index contributed by atoms with van der Waals surface area (Å²) in [6, 6.07) is 1.56. The van der Waals surface area contributed by atoms with Crippen LogP contribution in [0.3, 0.4) is 0 Å². The molecule has 1 fully saturated rings. The molecule has 0 amide bonds. The molecule has 1 aliphatic rings. The van der Waals surface area contributed by atoms with Crippen LogP contribution in [0, 0.1) is 9.41 Å². The largest absolute Gasteiger partial charge is 0.394 e. The maximum absolute atomic E-state index is 13.5. The molecular weight excluding hydrogens is 267 g/mol. The van der Waals surface area contributed by atoms with Crippen LogP contribution in [0.4, 0.5) is 4.39 Å². The second-order valence-corrected chi connectivity index (χ2v) is 4.53. The van der Waals surface area contributed by atoms with Crippen LogP contribution in [-0.4, -0.2) is 44.8 Å². The number of hydrogen-bond acceptors (Lipinski definition) is 5. The van der Waals surface area contributed by atoms with E-state index in [0.717, 1.165) is 0 Å². The number of hydrogen-bond donors (Lipinski definition) is 3. The number of rotatable bonds is 2. The Hall–Kier alpha value is -0.670. The summed E-state index contributed by atoms with van der Waals surface area (Å²) < 4.78 is 20.8. The van der Waals surface area contributed by atoms with Gasteiger partial charge in [0, 0.05) is 6.20 Å². The number of nitrogens with one attached hydrogen (secondary N) is 1. The van der Waals surface area contributed by atoms with E-state index in [1.165, 1.54) is 10.8 Å². The maximum Gasteiger partial charge on any atom is 0.180 e. The molecule has 4 atom stereocenters. The minimum Gasteiger partial charge on any atom is -0.394 e. The van der Waals surface area contributed by atoms with Crippen LogP contribution in [0.1, 0.15) is 6.23 Å². The number of aliphatic hydroxyl groups is 2. The van der Waals surface area contributed by atoms with E-state index in [1.807, 2.05) is 0 Å². The van der Waals surface area contributed by atoms with Gasteiger partial charge in [-0.1, -0.05) is 12.2 Å². The van der Waals surface area contributed by atoms with Crippen molar-refractivity contribution in [1.29, 1.82) is 0 Å². The van der Waals surface area contributed by atoms with Crippen LogP contribution in [-0.2, 0) is 4.74 Å². The highest BCUT2D eigenvalue weighted by molar-refractivity contribution is 7.72. The quantitative estimate of drug-likeness (QED) is 0.700. The lowest BCUT2D eigenvalue weighted by atomic mass is 10.1. The van der Waals surface area contributed by atoms with E-state index < -0.39 is 31.2 Å². The fraction of sp³-hybridized carbons (Fsp3) is 0.556. The normalized spacial score (nSPS) is 32.9. The molecule has 8 heteroatoms. The minimum absolute atomic E-state index is 0.229. The van der Waals surface area contributed by atoms with Crippen molar-refractivity contribution in [2.24, 2.45) is 0 Å². The molecule has 0 aromatic carbocycles. The highest BCUT2D eigenvalue weighted by Gasteiger charge is 2.44. The summed E-state index contributed by atoms with van der Waals surface area (Å²) in [6.45, 7) is -0.495. The zero-order chi connectivity index (χ0) is 12.6. The van der Waals surface area contributed by atoms with Crippen molar-refractivity contribution in [3.05, 3.63) is 21.7 Å². The predicted molar refractivity (Wildman–Crippen MR) is 62.3 cm³/mol. The predicted octanol–water partition coefficient (Wildman–Crippen LogP) is 0.864. The second-order valence-electron chi connectivity index (χ2n) is 3.70. The Balaban J connectivity index is 2.35. The molecule has 0 saturated carbocycles. The average molecular weight is 278 g/mol. The number of aromatic nitrogens is 2. The first-order valence-electron chi connectivity index (χ1n) is 4.94. The highest BCUT2D eigenvalue weighted by atomic mass is 32.1. The lowest BCUT2D eigenvalue weighted by molar-refractivity contribution is -0.0528. The summed E-state index contributed by atoms with van der Waals surface area (Å²) >= 11 is 9.89. The number of alkyl halides is 1. The zero-order valence-corrected chi connectivity index (χ0v) is 10.2. The Morgan fingerprint density at radius 1 is 1.53 bits per heavy atom. The molecule has 1 aromatic heterocycles. The van der Waals surface area contributed by atoms with Gasteiger partial charge in [0.25, 0.3) is 0 Å². The fourth-order valence-corrected chi connectivity index (χ4v) is 2.21. The summed E-state index contributed by atoms with van der Waals surface area (Å²) in [5.74, 6) is 0. The number of H-pyrrole nitrogens is 1. The Kier molecular flexibility index (Phi) is 3.69. The molecule has 0 radical (unpaired) electrons. The summed E-state index contributed by atoms with van der Waals surface area (Å²) in [5.41, 5.74) is 0. The average Bonchev–Trinajstić information content (AvgIpc) is 2.57. The molecule has 2 rings (SSSR count). The van der Waals surface area contributed by atoms with Gasteiger partial charge >= 0.3 is 0 Å². The summed E-state index contributed by atoms with van der Waals surface area (Å²) in [4.78, 5) is 2.70. The van der Waals surface area contributed by atoms with E-state index in [-0.39, 0.29) is 4.77 Å². The van der Waals surface area contributed by atoms with Crippen molar-refractivity contribution in [3.8, 4) is 0 Å². The topological polar surface area (TPSA) is 70.4 Å². The Morgan fingerprint density at radius 3 is 2.76 bits per heavy atom. The Bertz CT molecular complexity index is 517. The van der Waals surface area contributed by atoms with Crippen LogP contribution >= 0.6 is 24.4 Å². The number of aromatic amines is 1. The lowest BCUT2D eigenvalue weighted by Crippen LogP contribution is -2.29. The van der Waals surface area contributed by atoms with Crippen molar-refractivity contribution in [3.63, 3.8) is 0 Å². The van der Waals surface area contributed by atoms with Crippen molar-refractivity contribution < 1.29 is 19.3 Å². The SMILES string of the molecule is OC[C@H]1O[C@@H](n2ccc(=S)[nH]c2=S)[C@@H](O)[C@H]1F. The molecule has 0 bridgehead atoms. The van der Waals surface area contributed by atoms with Crippen molar-refractivity contribution >= 4 is 24.4 Å². The van der Waals surface area contributed by atoms with E-state index in [2.05, 4.69) is 4.98 Å². The molecule has 1 aromatic rings. The van der Waals surface area contributed by atoms with Crippen LogP contribution in [0.25, 0.3) is 0 Å². The summed E-state index contributed by atoms with van der Waals surface area (Å²) in [5, 5.41) is 18.6. The van der Waals surface area contributed by atoms with E-state index in [9.17, 15) is 9.50 Å². The third kappa shape index (κ3) is 2.31. The maximum atomic E-state index is 13.5. The summed E-state index contributed by atoms with van der Waals surface area (Å²) in [7, 11) is 0. The first-order chi connectivity index (χ1) is 8.04. The van der Waals surface area contributed by atoms with Crippen LogP contribution in [0.5, 0.6) is 0 Å². The molecule has 17 heavy (non-hydrogen) atoms. The first kappa shape index (κ1) is 12.8. The van der Waals surface area contributed by atoms with Gasteiger partial charge in [0.2, 0.25) is 0 Å². The first-order valence-corrected chi connectivity index (χ1v) is 5.76. The van der Waals surface area contributed by atoms with Crippen molar-refractivity contribution in [1.82, 2.24) is 9.55 Å². The number of halogens is 1. The molecule has 0 unspecified atom stereocenters. The number of nitrogens with zero attached hydrogens (tertiary/aromatic N) is 1. The molecular formula is C9H11FN2O3S2. The second kappa shape index (κ2) is 4.91. The Morgan fingerprint density at radius 2 is 2.24 bits per heavy atom. The van der Waals surface area contributed by atoms with Gasteiger partial charge in [0.1, 0.15) is 16.8 Å². The lowest BCUT2D eigenvalue weighted by Gasteiger charge is -2.17. The van der Waals surface area contributed by atoms with Gasteiger partial charge in [-0.25, -0.2) is 4.39 Å². The van der Waals surface area contributed by atoms with Crippen molar-refractivity contribution in [2.45, 2.75) is 24.6 Å². The molecule has 5 nitrogen and oxygen atoms in total. The number of aliphatic hydroxyl groups excluding tert-OH is 2. The van der Waals surface area contributed by atoms with Gasteiger partial charge in [-0.2, -0.15) is 0 Å². The Labute approximate surface area is 106 Å². The zero-order valence-electron chi connectivity index (χ0n) is 8.62. The van der Waals surface area contributed by atoms with Gasteiger partial charge in [0.15, 0.2) is 17.2 Å². The van der Waals surface area contributed by atoms with E-state index >= 15 is 0 Å². The van der Waals surface area contributed by atoms with Crippen LogP contribution in [0.2, 0.25) is 0 Å². The monoisotopic (exact) mass is 278 g/mol. The van der Waals surface area contributed by atoms with Gasteiger partial charge in [-0.3, -0.25) is 4.57 Å². The van der Waals surface area contributed by atoms with Gasteiger partial charge in [-0.05, 0) is 18.3 Å². The van der Waals surface area contributed by atoms with Gasteiger partial charge in [0.05, 0.1) is 6.61 Å². The molecule has 0 aliphatic carbocycles.